The van der Waals surface area contributed by atoms with Crippen LogP contribution in [0.25, 0.3) is 0 Å². The minimum absolute atomic E-state index is 0.510. The molecule has 1 aliphatic carbocycles. The van der Waals surface area contributed by atoms with Crippen LogP contribution < -0.4 is 5.32 Å². The molecule has 1 nitrogen and oxygen atoms in total. The standard InChI is InChI=1S/C18H20IN/c1-20-18-11-10-15(16-4-2-3-5-17(16)18)14-8-6-13(12-19)7-9-14/h2-9,15,18,20H,10-12H2,1H3. The Morgan fingerprint density at radius 3 is 2.35 bits per heavy atom. The van der Waals surface area contributed by atoms with Gasteiger partial charge in [-0.2, -0.15) is 0 Å². The zero-order valence-electron chi connectivity index (χ0n) is 11.8. The molecule has 2 atom stereocenters. The maximum atomic E-state index is 3.45. The molecule has 0 bridgehead atoms. The van der Waals surface area contributed by atoms with Crippen LogP contribution in [0.2, 0.25) is 0 Å². The molecule has 20 heavy (non-hydrogen) atoms. The average molecular weight is 377 g/mol. The van der Waals surface area contributed by atoms with E-state index in [0.717, 1.165) is 4.43 Å². The molecule has 2 aromatic rings. The van der Waals surface area contributed by atoms with Crippen LogP contribution >= 0.6 is 22.6 Å². The molecule has 1 aliphatic rings. The van der Waals surface area contributed by atoms with Crippen molar-refractivity contribution in [3.8, 4) is 0 Å². The van der Waals surface area contributed by atoms with Crippen molar-refractivity contribution in [2.45, 2.75) is 29.2 Å². The van der Waals surface area contributed by atoms with Crippen molar-refractivity contribution in [1.82, 2.24) is 5.32 Å². The maximum absolute atomic E-state index is 3.45. The lowest BCUT2D eigenvalue weighted by Gasteiger charge is -2.31. The normalized spacial score (nSPS) is 21.5. The fourth-order valence-electron chi connectivity index (χ4n) is 3.28. The summed E-state index contributed by atoms with van der Waals surface area (Å²) in [7, 11) is 2.07. The summed E-state index contributed by atoms with van der Waals surface area (Å²) in [6.45, 7) is 0. The Morgan fingerprint density at radius 2 is 1.70 bits per heavy atom. The number of benzene rings is 2. The van der Waals surface area contributed by atoms with Crippen molar-refractivity contribution >= 4 is 22.6 Å². The van der Waals surface area contributed by atoms with Gasteiger partial charge in [-0.05, 0) is 42.1 Å². The first-order valence-corrected chi connectivity index (χ1v) is 8.77. The van der Waals surface area contributed by atoms with Gasteiger partial charge in [-0.3, -0.25) is 0 Å². The van der Waals surface area contributed by atoms with Gasteiger partial charge < -0.3 is 5.32 Å². The molecule has 3 rings (SSSR count). The van der Waals surface area contributed by atoms with Gasteiger partial charge in [0.2, 0.25) is 0 Å². The Kier molecular flexibility index (Phi) is 4.41. The first-order valence-electron chi connectivity index (χ1n) is 7.24. The maximum Gasteiger partial charge on any atom is 0.0320 e. The zero-order valence-corrected chi connectivity index (χ0v) is 13.9. The molecule has 104 valence electrons. The van der Waals surface area contributed by atoms with Crippen LogP contribution in [0.4, 0.5) is 0 Å². The van der Waals surface area contributed by atoms with E-state index in [1.54, 1.807) is 0 Å². The second-order valence-corrected chi connectivity index (χ2v) is 6.24. The fourth-order valence-corrected chi connectivity index (χ4v) is 3.78. The van der Waals surface area contributed by atoms with E-state index in [4.69, 9.17) is 0 Å². The molecule has 0 heterocycles. The third-order valence-corrected chi connectivity index (χ3v) is 5.26. The summed E-state index contributed by atoms with van der Waals surface area (Å²) in [5, 5.41) is 3.45. The van der Waals surface area contributed by atoms with Crippen molar-refractivity contribution in [2.24, 2.45) is 0 Å². The Bertz CT molecular complexity index is 576. The minimum atomic E-state index is 0.510. The Morgan fingerprint density at radius 1 is 1.00 bits per heavy atom. The third-order valence-electron chi connectivity index (χ3n) is 4.38. The molecule has 2 heteroatoms. The predicted molar refractivity (Wildman–Crippen MR) is 93.5 cm³/mol. The molecule has 2 unspecified atom stereocenters. The number of halogens is 1. The molecular weight excluding hydrogens is 357 g/mol. The van der Waals surface area contributed by atoms with Crippen LogP contribution in [0.5, 0.6) is 0 Å². The van der Waals surface area contributed by atoms with Crippen LogP contribution in [0.3, 0.4) is 0 Å². The molecule has 0 aromatic heterocycles. The lowest BCUT2D eigenvalue weighted by atomic mass is 9.77. The number of rotatable bonds is 3. The van der Waals surface area contributed by atoms with E-state index in [2.05, 4.69) is 83.5 Å². The van der Waals surface area contributed by atoms with Crippen molar-refractivity contribution in [3.63, 3.8) is 0 Å². The first kappa shape index (κ1) is 14.1. The monoisotopic (exact) mass is 377 g/mol. The number of nitrogens with one attached hydrogen (secondary N) is 1. The predicted octanol–water partition coefficient (Wildman–Crippen LogP) is 4.81. The molecule has 0 spiro atoms. The van der Waals surface area contributed by atoms with Crippen LogP contribution in [0, 0.1) is 0 Å². The Hall–Kier alpha value is -0.870. The molecular formula is C18H20IN. The summed E-state index contributed by atoms with van der Waals surface area (Å²) >= 11 is 2.42. The molecule has 0 saturated heterocycles. The number of alkyl halides is 1. The molecule has 2 aromatic carbocycles. The van der Waals surface area contributed by atoms with E-state index in [1.165, 1.54) is 35.1 Å². The second-order valence-electron chi connectivity index (χ2n) is 5.48. The number of hydrogen-bond donors (Lipinski definition) is 1. The van der Waals surface area contributed by atoms with Gasteiger partial charge in [-0.15, -0.1) is 0 Å². The minimum Gasteiger partial charge on any atom is -0.313 e. The summed E-state index contributed by atoms with van der Waals surface area (Å²) in [4.78, 5) is 0. The Balaban J connectivity index is 1.98. The second kappa shape index (κ2) is 6.27. The highest BCUT2D eigenvalue weighted by atomic mass is 127. The van der Waals surface area contributed by atoms with Crippen LogP contribution in [-0.4, -0.2) is 7.05 Å². The highest BCUT2D eigenvalue weighted by molar-refractivity contribution is 14.1. The van der Waals surface area contributed by atoms with Gasteiger partial charge in [0.15, 0.2) is 0 Å². The van der Waals surface area contributed by atoms with E-state index in [1.807, 2.05) is 0 Å². The van der Waals surface area contributed by atoms with Gasteiger partial charge in [-0.25, -0.2) is 0 Å². The molecule has 0 aliphatic heterocycles. The summed E-state index contributed by atoms with van der Waals surface area (Å²) in [5.74, 6) is 0.555. The summed E-state index contributed by atoms with van der Waals surface area (Å²) in [6, 6.07) is 18.6. The van der Waals surface area contributed by atoms with E-state index in [0.29, 0.717) is 12.0 Å². The van der Waals surface area contributed by atoms with Gasteiger partial charge in [0.05, 0.1) is 0 Å². The fraction of sp³-hybridized carbons (Fsp3) is 0.333. The van der Waals surface area contributed by atoms with E-state index in [-0.39, 0.29) is 0 Å². The van der Waals surface area contributed by atoms with E-state index >= 15 is 0 Å². The topological polar surface area (TPSA) is 12.0 Å². The quantitative estimate of drug-likeness (QED) is 0.598. The van der Waals surface area contributed by atoms with Crippen LogP contribution in [-0.2, 0) is 4.43 Å². The van der Waals surface area contributed by atoms with E-state index < -0.39 is 0 Å². The van der Waals surface area contributed by atoms with Crippen molar-refractivity contribution in [3.05, 3.63) is 70.8 Å². The smallest absolute Gasteiger partial charge is 0.0320 e. The molecule has 1 N–H and O–H groups in total. The average Bonchev–Trinajstić information content (AvgIpc) is 2.54. The Labute approximate surface area is 134 Å². The first-order chi connectivity index (χ1) is 9.83. The van der Waals surface area contributed by atoms with Crippen molar-refractivity contribution < 1.29 is 0 Å². The van der Waals surface area contributed by atoms with Gasteiger partial charge in [0.25, 0.3) is 0 Å². The van der Waals surface area contributed by atoms with Gasteiger partial charge in [0, 0.05) is 16.4 Å². The molecule has 0 amide bonds. The van der Waals surface area contributed by atoms with Crippen molar-refractivity contribution in [2.75, 3.05) is 7.05 Å². The summed E-state index contributed by atoms with van der Waals surface area (Å²) < 4.78 is 1.08. The lowest BCUT2D eigenvalue weighted by molar-refractivity contribution is 0.471. The third kappa shape index (κ3) is 2.63. The molecule has 0 saturated carbocycles. The van der Waals surface area contributed by atoms with Gasteiger partial charge >= 0.3 is 0 Å². The van der Waals surface area contributed by atoms with Crippen LogP contribution in [0.15, 0.2) is 48.5 Å². The van der Waals surface area contributed by atoms with E-state index in [9.17, 15) is 0 Å². The van der Waals surface area contributed by atoms with Crippen molar-refractivity contribution in [1.29, 1.82) is 0 Å². The lowest BCUT2D eigenvalue weighted by Crippen LogP contribution is -2.24. The van der Waals surface area contributed by atoms with Gasteiger partial charge in [-0.1, -0.05) is 71.1 Å². The number of hydrogen-bond acceptors (Lipinski definition) is 1. The molecule has 0 radical (unpaired) electrons. The number of fused-ring (bicyclic) bond motifs is 1. The van der Waals surface area contributed by atoms with Crippen LogP contribution in [0.1, 0.15) is 47.1 Å². The van der Waals surface area contributed by atoms with Gasteiger partial charge in [0.1, 0.15) is 0 Å². The SMILES string of the molecule is CNC1CCC(c2ccc(CI)cc2)c2ccccc21. The summed E-state index contributed by atoms with van der Waals surface area (Å²) in [6.07, 6.45) is 2.44. The zero-order chi connectivity index (χ0) is 13.9. The highest BCUT2D eigenvalue weighted by Gasteiger charge is 2.26. The summed E-state index contributed by atoms with van der Waals surface area (Å²) in [5.41, 5.74) is 5.84. The highest BCUT2D eigenvalue weighted by Crippen LogP contribution is 2.40. The molecule has 0 fully saturated rings. The largest absolute Gasteiger partial charge is 0.313 e.